The molecule has 1 fully saturated rings. The second-order valence-electron chi connectivity index (χ2n) is 9.70. The van der Waals surface area contributed by atoms with Crippen LogP contribution in [0.15, 0.2) is 83.3 Å². The number of fused-ring (bicyclic) bond motifs is 1. The number of para-hydroxylation sites is 3. The normalized spacial score (nSPS) is 15.7. The minimum absolute atomic E-state index is 0.173. The number of ether oxygens (including phenoxy) is 1. The summed E-state index contributed by atoms with van der Waals surface area (Å²) in [6.07, 6.45) is 0. The topological polar surface area (TPSA) is 113 Å². The molecule has 9 heteroatoms. The maximum atomic E-state index is 13.5. The van der Waals surface area contributed by atoms with Gasteiger partial charge in [0.25, 0.3) is 11.8 Å². The number of piperazine rings is 1. The van der Waals surface area contributed by atoms with Crippen LogP contribution < -0.4 is 21.1 Å². The number of furan rings is 1. The molecule has 4 N–H and O–H groups in total. The lowest BCUT2D eigenvalue weighted by Gasteiger charge is -2.35. The van der Waals surface area contributed by atoms with E-state index < -0.39 is 0 Å². The van der Waals surface area contributed by atoms with Gasteiger partial charge in [-0.1, -0.05) is 30.3 Å². The number of anilines is 2. The van der Waals surface area contributed by atoms with Crippen molar-refractivity contribution in [3.8, 4) is 5.75 Å². The second-order valence-corrected chi connectivity index (χ2v) is 9.70. The van der Waals surface area contributed by atoms with E-state index in [0.29, 0.717) is 59.9 Å². The third-order valence-electron chi connectivity index (χ3n) is 6.70. The van der Waals surface area contributed by atoms with Gasteiger partial charge in [0.05, 0.1) is 24.6 Å². The molecule has 1 aromatic heterocycles. The summed E-state index contributed by atoms with van der Waals surface area (Å²) in [6, 6.07) is 23.7. The Kier molecular flexibility index (Phi) is 8.10. The number of amides is 2. The Balaban J connectivity index is 1.22. The van der Waals surface area contributed by atoms with Crippen molar-refractivity contribution in [1.82, 2.24) is 15.1 Å². The lowest BCUT2D eigenvalue weighted by atomic mass is 10.2. The van der Waals surface area contributed by atoms with Crippen LogP contribution in [-0.4, -0.2) is 67.1 Å². The molecule has 0 radical (unpaired) electrons. The molecule has 2 amide bonds. The van der Waals surface area contributed by atoms with Gasteiger partial charge in [-0.05, 0) is 55.5 Å². The molecule has 0 aliphatic carbocycles. The van der Waals surface area contributed by atoms with Crippen LogP contribution in [-0.2, 0) is 0 Å². The van der Waals surface area contributed by atoms with Gasteiger partial charge in [0, 0.05) is 36.6 Å². The Morgan fingerprint density at radius 1 is 1.10 bits per heavy atom. The fourth-order valence-corrected chi connectivity index (χ4v) is 4.64. The zero-order valence-corrected chi connectivity index (χ0v) is 21.9. The van der Waals surface area contributed by atoms with Crippen molar-refractivity contribution in [1.29, 1.82) is 0 Å². The van der Waals surface area contributed by atoms with Crippen molar-refractivity contribution in [2.75, 3.05) is 50.5 Å². The van der Waals surface area contributed by atoms with E-state index in [-0.39, 0.29) is 11.8 Å². The highest BCUT2D eigenvalue weighted by atomic mass is 16.5. The van der Waals surface area contributed by atoms with E-state index in [4.69, 9.17) is 14.9 Å². The predicted molar refractivity (Wildman–Crippen MR) is 152 cm³/mol. The number of nitrogens with two attached hydrogens (primary N) is 1. The Bertz CT molecular complexity index is 1400. The SMILES string of the molecule is CC1CN(CN(CCOc2ccc(C(=O)Nc3ccccc3N)cc2)C(=O)c2cc3ccccc3o2)CCN1. The van der Waals surface area contributed by atoms with Crippen LogP contribution in [0.25, 0.3) is 11.0 Å². The molecule has 1 atom stereocenters. The Morgan fingerprint density at radius 3 is 2.64 bits per heavy atom. The molecule has 9 nitrogen and oxygen atoms in total. The molecular weight excluding hydrogens is 494 g/mol. The summed E-state index contributed by atoms with van der Waals surface area (Å²) in [5.74, 6) is 0.493. The molecule has 0 spiro atoms. The zero-order valence-electron chi connectivity index (χ0n) is 21.9. The molecule has 4 aromatic rings. The minimum atomic E-state index is -0.257. The summed E-state index contributed by atoms with van der Waals surface area (Å²) in [4.78, 5) is 30.1. The van der Waals surface area contributed by atoms with Gasteiger partial charge in [-0.2, -0.15) is 0 Å². The molecule has 1 aliphatic rings. The summed E-state index contributed by atoms with van der Waals surface area (Å²) in [7, 11) is 0. The van der Waals surface area contributed by atoms with E-state index in [2.05, 4.69) is 22.5 Å². The van der Waals surface area contributed by atoms with Crippen LogP contribution in [0.3, 0.4) is 0 Å². The number of rotatable bonds is 9. The summed E-state index contributed by atoms with van der Waals surface area (Å²) >= 11 is 0. The molecule has 0 bridgehead atoms. The van der Waals surface area contributed by atoms with Gasteiger partial charge < -0.3 is 30.4 Å². The van der Waals surface area contributed by atoms with Crippen LogP contribution in [0.5, 0.6) is 5.75 Å². The van der Waals surface area contributed by atoms with Gasteiger partial charge in [-0.15, -0.1) is 0 Å². The summed E-state index contributed by atoms with van der Waals surface area (Å²) in [5, 5.41) is 7.15. The van der Waals surface area contributed by atoms with E-state index in [1.807, 2.05) is 36.4 Å². The van der Waals surface area contributed by atoms with E-state index >= 15 is 0 Å². The average molecular weight is 528 g/mol. The minimum Gasteiger partial charge on any atom is -0.492 e. The first kappa shape index (κ1) is 26.3. The first-order valence-corrected chi connectivity index (χ1v) is 13.1. The molecular formula is C30H33N5O4. The molecule has 39 heavy (non-hydrogen) atoms. The highest BCUT2D eigenvalue weighted by Crippen LogP contribution is 2.21. The Hall–Kier alpha value is -4.34. The van der Waals surface area contributed by atoms with Crippen LogP contribution in [0.2, 0.25) is 0 Å². The average Bonchev–Trinajstić information content (AvgIpc) is 3.38. The van der Waals surface area contributed by atoms with Crippen LogP contribution in [0.4, 0.5) is 11.4 Å². The lowest BCUT2D eigenvalue weighted by Crippen LogP contribution is -2.53. The van der Waals surface area contributed by atoms with Gasteiger partial charge in [0.15, 0.2) is 5.76 Å². The molecule has 0 saturated carbocycles. The number of nitrogens with zero attached hydrogens (tertiary/aromatic N) is 2. The van der Waals surface area contributed by atoms with Crippen LogP contribution in [0.1, 0.15) is 27.8 Å². The van der Waals surface area contributed by atoms with E-state index in [9.17, 15) is 9.59 Å². The van der Waals surface area contributed by atoms with Gasteiger partial charge >= 0.3 is 0 Å². The maximum absolute atomic E-state index is 13.5. The highest BCUT2D eigenvalue weighted by molar-refractivity contribution is 6.05. The smallest absolute Gasteiger partial charge is 0.290 e. The van der Waals surface area contributed by atoms with Crippen molar-refractivity contribution < 1.29 is 18.7 Å². The standard InChI is InChI=1S/C30H33N5O4/c1-21-19-34(15-14-32-21)20-35(30(37)28-18-23-6-2-5-9-27(23)39-28)16-17-38-24-12-10-22(11-13-24)29(36)33-26-8-4-3-7-25(26)31/h2-13,18,21,32H,14-17,19-20,31H2,1H3,(H,33,36). The van der Waals surface area contributed by atoms with Crippen molar-refractivity contribution in [2.45, 2.75) is 13.0 Å². The Morgan fingerprint density at radius 2 is 1.87 bits per heavy atom. The highest BCUT2D eigenvalue weighted by Gasteiger charge is 2.24. The van der Waals surface area contributed by atoms with E-state index in [1.54, 1.807) is 47.4 Å². The molecule has 2 heterocycles. The molecule has 1 unspecified atom stereocenters. The first-order valence-electron chi connectivity index (χ1n) is 13.1. The number of benzene rings is 3. The number of hydrogen-bond acceptors (Lipinski definition) is 7. The fraction of sp³-hybridized carbons (Fsp3) is 0.267. The van der Waals surface area contributed by atoms with E-state index in [0.717, 1.165) is 25.0 Å². The molecule has 1 aliphatic heterocycles. The third kappa shape index (κ3) is 6.57. The van der Waals surface area contributed by atoms with Crippen molar-refractivity contribution >= 4 is 34.2 Å². The number of nitrogen functional groups attached to an aromatic ring is 1. The number of hydrogen-bond donors (Lipinski definition) is 3. The number of nitrogens with one attached hydrogen (secondary N) is 2. The largest absolute Gasteiger partial charge is 0.492 e. The first-order chi connectivity index (χ1) is 19.0. The monoisotopic (exact) mass is 527 g/mol. The fourth-order valence-electron chi connectivity index (χ4n) is 4.64. The second kappa shape index (κ2) is 12.0. The van der Waals surface area contributed by atoms with Crippen molar-refractivity contribution in [2.24, 2.45) is 0 Å². The van der Waals surface area contributed by atoms with Crippen molar-refractivity contribution in [3.63, 3.8) is 0 Å². The number of carbonyl (C=O) groups is 2. The molecule has 1 saturated heterocycles. The van der Waals surface area contributed by atoms with Crippen molar-refractivity contribution in [3.05, 3.63) is 90.2 Å². The summed E-state index contributed by atoms with van der Waals surface area (Å²) in [6.45, 7) is 5.87. The lowest BCUT2D eigenvalue weighted by molar-refractivity contribution is 0.0513. The summed E-state index contributed by atoms with van der Waals surface area (Å²) in [5.41, 5.74) is 8.16. The van der Waals surface area contributed by atoms with Gasteiger partial charge in [0.2, 0.25) is 0 Å². The quantitative estimate of drug-likeness (QED) is 0.282. The number of carbonyl (C=O) groups excluding carboxylic acids is 2. The van der Waals surface area contributed by atoms with Gasteiger partial charge in [-0.3, -0.25) is 14.5 Å². The molecule has 5 rings (SSSR count). The predicted octanol–water partition coefficient (Wildman–Crippen LogP) is 4.04. The van der Waals surface area contributed by atoms with Gasteiger partial charge in [-0.25, -0.2) is 0 Å². The molecule has 3 aromatic carbocycles. The van der Waals surface area contributed by atoms with Gasteiger partial charge in [0.1, 0.15) is 17.9 Å². The molecule has 202 valence electrons. The Labute approximate surface area is 227 Å². The summed E-state index contributed by atoms with van der Waals surface area (Å²) < 4.78 is 11.8. The van der Waals surface area contributed by atoms with Crippen LogP contribution in [0, 0.1) is 0 Å². The van der Waals surface area contributed by atoms with Crippen LogP contribution >= 0.6 is 0 Å². The maximum Gasteiger partial charge on any atom is 0.290 e. The zero-order chi connectivity index (χ0) is 27.2. The third-order valence-corrected chi connectivity index (χ3v) is 6.70. The van der Waals surface area contributed by atoms with E-state index in [1.165, 1.54) is 0 Å².